The fourth-order valence-electron chi connectivity index (χ4n) is 5.03. The monoisotopic (exact) mass is 501 g/mol. The number of carbonyl (C=O) groups excluding carboxylic acids is 2. The Balaban J connectivity index is 1.52. The second-order valence-electron chi connectivity index (χ2n) is 9.23. The van der Waals surface area contributed by atoms with E-state index >= 15 is 0 Å². The van der Waals surface area contributed by atoms with Gasteiger partial charge in [0, 0.05) is 43.1 Å². The van der Waals surface area contributed by atoms with E-state index in [4.69, 9.17) is 9.84 Å². The zero-order chi connectivity index (χ0) is 26.0. The van der Waals surface area contributed by atoms with Crippen LogP contribution in [0.3, 0.4) is 0 Å². The summed E-state index contributed by atoms with van der Waals surface area (Å²) in [4.78, 5) is 37.4. The lowest BCUT2D eigenvalue weighted by Gasteiger charge is -2.37. The molecular weight excluding hydrogens is 472 g/mol. The first-order valence-electron chi connectivity index (χ1n) is 11.9. The summed E-state index contributed by atoms with van der Waals surface area (Å²) in [6, 6.07) is 12.8. The molecule has 10 heteroatoms. The Morgan fingerprint density at radius 2 is 1.89 bits per heavy atom. The van der Waals surface area contributed by atoms with Gasteiger partial charge in [-0.2, -0.15) is 0 Å². The van der Waals surface area contributed by atoms with Gasteiger partial charge < -0.3 is 25.4 Å². The lowest BCUT2D eigenvalue weighted by atomic mass is 9.87. The van der Waals surface area contributed by atoms with Crippen LogP contribution in [0.25, 0.3) is 0 Å². The molecule has 0 aromatic heterocycles. The maximum absolute atomic E-state index is 14.4. The van der Waals surface area contributed by atoms with Crippen LogP contribution in [0.2, 0.25) is 0 Å². The molecule has 3 N–H and O–H groups in total. The summed E-state index contributed by atoms with van der Waals surface area (Å²) in [5, 5.41) is 14.2. The Hall–Kier alpha value is -3.69. The van der Waals surface area contributed by atoms with Crippen LogP contribution in [-0.4, -0.2) is 66.6 Å². The molecule has 8 nitrogen and oxygen atoms in total. The van der Waals surface area contributed by atoms with Gasteiger partial charge in [-0.3, -0.25) is 9.59 Å². The van der Waals surface area contributed by atoms with Gasteiger partial charge in [-0.1, -0.05) is 30.3 Å². The van der Waals surface area contributed by atoms with Crippen molar-refractivity contribution in [3.63, 3.8) is 0 Å². The molecule has 4 rings (SSSR count). The topological polar surface area (TPSA) is 108 Å². The van der Waals surface area contributed by atoms with Crippen molar-refractivity contribution in [1.82, 2.24) is 15.5 Å². The predicted octanol–water partition coefficient (Wildman–Crippen LogP) is 3.71. The van der Waals surface area contributed by atoms with Crippen molar-refractivity contribution in [1.29, 1.82) is 0 Å². The number of ether oxygens (including phenoxy) is 1. The zero-order valence-electron chi connectivity index (χ0n) is 20.1. The van der Waals surface area contributed by atoms with Crippen molar-refractivity contribution >= 4 is 17.9 Å². The smallest absolute Gasteiger partial charge is 0.407 e. The molecule has 1 fully saturated rings. The Bertz CT molecular complexity index is 1160. The van der Waals surface area contributed by atoms with Gasteiger partial charge >= 0.3 is 6.09 Å². The van der Waals surface area contributed by atoms with Gasteiger partial charge in [-0.15, -0.1) is 0 Å². The van der Waals surface area contributed by atoms with Crippen molar-refractivity contribution in [2.24, 2.45) is 5.92 Å². The zero-order valence-corrected chi connectivity index (χ0v) is 20.1. The van der Waals surface area contributed by atoms with E-state index < -0.39 is 36.3 Å². The number of hydrogen-bond donors (Lipinski definition) is 3. The van der Waals surface area contributed by atoms with E-state index in [9.17, 15) is 23.2 Å². The number of amides is 3. The number of alkyl halides is 2. The number of fused-ring (bicyclic) bond motifs is 1. The van der Waals surface area contributed by atoms with E-state index in [1.807, 2.05) is 37.3 Å². The third-order valence-corrected chi connectivity index (χ3v) is 6.91. The number of likely N-dealkylation sites (tertiary alicyclic amines) is 1. The molecule has 192 valence electrons. The summed E-state index contributed by atoms with van der Waals surface area (Å²) in [5.74, 6) is -4.84. The van der Waals surface area contributed by atoms with Gasteiger partial charge in [-0.25, -0.2) is 13.6 Å². The Morgan fingerprint density at radius 1 is 1.17 bits per heavy atom. The molecule has 3 amide bonds. The first-order valence-corrected chi connectivity index (χ1v) is 11.9. The van der Waals surface area contributed by atoms with Crippen LogP contribution in [0.15, 0.2) is 42.5 Å². The summed E-state index contributed by atoms with van der Waals surface area (Å²) in [7, 11) is 1.49. The Kier molecular flexibility index (Phi) is 7.14. The third kappa shape index (κ3) is 4.98. The maximum atomic E-state index is 14.4. The number of piperidine rings is 1. The molecule has 1 unspecified atom stereocenters. The van der Waals surface area contributed by atoms with Crippen LogP contribution < -0.4 is 15.4 Å². The van der Waals surface area contributed by atoms with Crippen molar-refractivity contribution in [3.05, 3.63) is 64.7 Å². The molecule has 0 saturated carbocycles. The quantitative estimate of drug-likeness (QED) is 0.559. The Labute approximate surface area is 207 Å². The van der Waals surface area contributed by atoms with Crippen molar-refractivity contribution < 1.29 is 33.0 Å². The average Bonchev–Trinajstić information content (AvgIpc) is 3.19. The fourth-order valence-corrected chi connectivity index (χ4v) is 5.03. The van der Waals surface area contributed by atoms with Crippen molar-refractivity contribution in [2.45, 2.75) is 37.7 Å². The number of hydrogen-bond acceptors (Lipinski definition) is 4. The van der Waals surface area contributed by atoms with E-state index in [1.165, 1.54) is 13.1 Å². The number of benzene rings is 2. The van der Waals surface area contributed by atoms with E-state index in [0.717, 1.165) is 5.56 Å². The predicted molar refractivity (Wildman–Crippen MR) is 128 cm³/mol. The lowest BCUT2D eigenvalue weighted by Crippen LogP contribution is -2.50. The summed E-state index contributed by atoms with van der Waals surface area (Å²) in [5.41, 5.74) is 2.17. The Morgan fingerprint density at radius 3 is 2.53 bits per heavy atom. The number of carbonyl (C=O) groups is 3. The average molecular weight is 502 g/mol. The van der Waals surface area contributed by atoms with Crippen molar-refractivity contribution in [2.75, 3.05) is 26.7 Å². The van der Waals surface area contributed by atoms with Crippen molar-refractivity contribution in [3.8, 4) is 5.75 Å². The molecule has 36 heavy (non-hydrogen) atoms. The molecule has 0 spiro atoms. The van der Waals surface area contributed by atoms with Gasteiger partial charge in [0.2, 0.25) is 0 Å². The minimum absolute atomic E-state index is 0.00618. The van der Waals surface area contributed by atoms with E-state index in [-0.39, 0.29) is 49.1 Å². The molecule has 0 bridgehead atoms. The molecule has 2 aliphatic heterocycles. The molecule has 0 radical (unpaired) electrons. The minimum Gasteiger partial charge on any atom is -0.489 e. The highest BCUT2D eigenvalue weighted by Crippen LogP contribution is 2.45. The molecule has 2 aromatic carbocycles. The third-order valence-electron chi connectivity index (χ3n) is 6.91. The highest BCUT2D eigenvalue weighted by molar-refractivity contribution is 6.02. The molecule has 1 saturated heterocycles. The largest absolute Gasteiger partial charge is 0.489 e. The SMILES string of the molecule is CNC(=O)c1cc(C(=O)NCCC2CCN(C(=O)O)CC2(F)F)cc2c1O[C@H](C)[C@H]2c1ccccc1. The summed E-state index contributed by atoms with van der Waals surface area (Å²) in [6.07, 6.45) is -1.60. The second-order valence-corrected chi connectivity index (χ2v) is 9.23. The lowest BCUT2D eigenvalue weighted by molar-refractivity contribution is -0.106. The summed E-state index contributed by atoms with van der Waals surface area (Å²) >= 11 is 0. The molecule has 2 aromatic rings. The maximum Gasteiger partial charge on any atom is 0.407 e. The number of rotatable bonds is 6. The van der Waals surface area contributed by atoms with E-state index in [2.05, 4.69) is 10.6 Å². The number of nitrogens with zero attached hydrogens (tertiary/aromatic N) is 1. The van der Waals surface area contributed by atoms with Gasteiger partial charge in [0.25, 0.3) is 17.7 Å². The van der Waals surface area contributed by atoms with E-state index in [0.29, 0.717) is 16.2 Å². The van der Waals surface area contributed by atoms with Gasteiger partial charge in [-0.05, 0) is 37.5 Å². The second kappa shape index (κ2) is 10.1. The number of carboxylic acid groups (broad SMARTS) is 1. The standard InChI is InChI=1S/C26H29F2N3O5/c1-15-21(16-6-4-3-5-7-16)19-12-17(13-20(22(19)36-15)24(33)29-2)23(32)30-10-8-18-9-11-31(25(34)35)14-26(18,27)28/h3-7,12-13,15,18,21H,8-11,14H2,1-2H3,(H,29,33)(H,30,32)(H,34,35)/t15-,18?,21+/m1/s1. The first-order chi connectivity index (χ1) is 17.1. The molecule has 2 heterocycles. The minimum atomic E-state index is -3.17. The van der Waals surface area contributed by atoms with Gasteiger partial charge in [0.1, 0.15) is 11.9 Å². The van der Waals surface area contributed by atoms with Gasteiger partial charge in [0.05, 0.1) is 12.1 Å². The number of nitrogens with one attached hydrogen (secondary N) is 2. The summed E-state index contributed by atoms with van der Waals surface area (Å²) in [6.45, 7) is 1.08. The first kappa shape index (κ1) is 25.4. The fraction of sp³-hybridized carbons (Fsp3) is 0.423. The van der Waals surface area contributed by atoms with Crippen LogP contribution >= 0.6 is 0 Å². The van der Waals surface area contributed by atoms with Gasteiger partial charge in [0.15, 0.2) is 0 Å². The molecule has 3 atom stereocenters. The highest BCUT2D eigenvalue weighted by Gasteiger charge is 2.45. The van der Waals surface area contributed by atoms with Crippen LogP contribution in [0, 0.1) is 5.92 Å². The highest BCUT2D eigenvalue weighted by atomic mass is 19.3. The van der Waals surface area contributed by atoms with E-state index in [1.54, 1.807) is 6.07 Å². The molecular formula is C26H29F2N3O5. The molecule has 2 aliphatic rings. The van der Waals surface area contributed by atoms with Crippen LogP contribution in [0.4, 0.5) is 13.6 Å². The normalized spacial score (nSPS) is 22.3. The number of halogens is 2. The summed E-state index contributed by atoms with van der Waals surface area (Å²) < 4.78 is 34.9. The van der Waals surface area contributed by atoms with Crippen LogP contribution in [0.5, 0.6) is 5.75 Å². The van der Waals surface area contributed by atoms with Crippen LogP contribution in [-0.2, 0) is 0 Å². The molecule has 0 aliphatic carbocycles. The van der Waals surface area contributed by atoms with Crippen LogP contribution in [0.1, 0.15) is 57.5 Å².